The largest absolute Gasteiger partial charge is 0.352 e. The van der Waals surface area contributed by atoms with Crippen molar-refractivity contribution in [1.82, 2.24) is 10.2 Å². The number of hydrogen-bond acceptors (Lipinski definition) is 3. The van der Waals surface area contributed by atoms with E-state index in [4.69, 9.17) is 0 Å². The highest BCUT2D eigenvalue weighted by molar-refractivity contribution is 5.95. The molecular formula is C25H33N3O2. The molecule has 5 heteroatoms. The van der Waals surface area contributed by atoms with Gasteiger partial charge in [-0.05, 0) is 66.7 Å². The van der Waals surface area contributed by atoms with Crippen LogP contribution in [-0.2, 0) is 16.8 Å². The smallest absolute Gasteiger partial charge is 0.251 e. The molecule has 2 N–H and O–H groups in total. The Kier molecular flexibility index (Phi) is 7.27. The Labute approximate surface area is 179 Å². The minimum absolute atomic E-state index is 0.0550. The van der Waals surface area contributed by atoms with Gasteiger partial charge in [-0.2, -0.15) is 0 Å². The maximum atomic E-state index is 12.3. The molecule has 1 fully saturated rings. The van der Waals surface area contributed by atoms with E-state index in [1.54, 1.807) is 0 Å². The lowest BCUT2D eigenvalue weighted by Crippen LogP contribution is -2.27. The van der Waals surface area contributed by atoms with Gasteiger partial charge in [0.2, 0.25) is 5.91 Å². The lowest BCUT2D eigenvalue weighted by atomic mass is 9.87. The van der Waals surface area contributed by atoms with Crippen LogP contribution in [0.5, 0.6) is 0 Å². The second-order valence-electron chi connectivity index (χ2n) is 9.06. The van der Waals surface area contributed by atoms with Gasteiger partial charge in [0.1, 0.15) is 0 Å². The molecule has 1 aliphatic heterocycles. The van der Waals surface area contributed by atoms with E-state index in [1.807, 2.05) is 36.4 Å². The summed E-state index contributed by atoms with van der Waals surface area (Å²) in [6, 6.07) is 15.6. The maximum Gasteiger partial charge on any atom is 0.251 e. The number of likely N-dealkylation sites (tertiary alicyclic amines) is 1. The van der Waals surface area contributed by atoms with Crippen LogP contribution >= 0.6 is 0 Å². The van der Waals surface area contributed by atoms with E-state index >= 15 is 0 Å². The fourth-order valence-corrected chi connectivity index (χ4v) is 3.63. The number of anilines is 1. The summed E-state index contributed by atoms with van der Waals surface area (Å²) in [4.78, 5) is 26.9. The molecule has 0 unspecified atom stereocenters. The molecule has 0 radical (unpaired) electrons. The Balaban J connectivity index is 1.40. The highest BCUT2D eigenvalue weighted by Gasteiger charge is 2.14. The van der Waals surface area contributed by atoms with Crippen LogP contribution < -0.4 is 10.6 Å². The van der Waals surface area contributed by atoms with Crippen LogP contribution in [0, 0.1) is 0 Å². The van der Waals surface area contributed by atoms with E-state index in [-0.39, 0.29) is 23.7 Å². The van der Waals surface area contributed by atoms with Crippen molar-refractivity contribution >= 4 is 17.5 Å². The van der Waals surface area contributed by atoms with Gasteiger partial charge in [0.05, 0.1) is 0 Å². The van der Waals surface area contributed by atoms with Crippen LogP contribution in [-0.4, -0.2) is 36.3 Å². The molecule has 0 aromatic heterocycles. The van der Waals surface area contributed by atoms with Crippen molar-refractivity contribution in [2.24, 2.45) is 0 Å². The summed E-state index contributed by atoms with van der Waals surface area (Å²) in [6.45, 7) is 10.0. The van der Waals surface area contributed by atoms with Crippen molar-refractivity contribution in [3.8, 4) is 0 Å². The molecule has 0 bridgehead atoms. The van der Waals surface area contributed by atoms with Crippen LogP contribution in [0.15, 0.2) is 48.5 Å². The minimum Gasteiger partial charge on any atom is -0.352 e. The lowest BCUT2D eigenvalue weighted by Gasteiger charge is -2.19. The molecule has 0 aliphatic carbocycles. The number of rotatable bonds is 7. The van der Waals surface area contributed by atoms with Crippen molar-refractivity contribution in [2.75, 3.05) is 25.0 Å². The number of benzene rings is 2. The molecule has 0 atom stereocenters. The Morgan fingerprint density at radius 2 is 1.57 bits per heavy atom. The fraction of sp³-hybridized carbons (Fsp3) is 0.440. The molecule has 2 aromatic rings. The zero-order chi connectivity index (χ0) is 21.6. The molecule has 0 saturated carbocycles. The van der Waals surface area contributed by atoms with Gasteiger partial charge in [0.15, 0.2) is 0 Å². The number of nitrogens with one attached hydrogen (secondary N) is 2. The van der Waals surface area contributed by atoms with Crippen LogP contribution in [0.1, 0.15) is 61.5 Å². The third-order valence-electron chi connectivity index (χ3n) is 5.49. The van der Waals surface area contributed by atoms with E-state index in [1.165, 1.54) is 37.1 Å². The van der Waals surface area contributed by atoms with E-state index in [9.17, 15) is 9.59 Å². The van der Waals surface area contributed by atoms with Crippen LogP contribution in [0.4, 0.5) is 5.69 Å². The van der Waals surface area contributed by atoms with Gasteiger partial charge < -0.3 is 10.6 Å². The molecule has 1 saturated heterocycles. The van der Waals surface area contributed by atoms with E-state index in [0.29, 0.717) is 12.1 Å². The van der Waals surface area contributed by atoms with Gasteiger partial charge in [-0.15, -0.1) is 0 Å². The Morgan fingerprint density at radius 1 is 0.933 bits per heavy atom. The number of amides is 2. The summed E-state index contributed by atoms with van der Waals surface area (Å²) >= 11 is 0. The lowest BCUT2D eigenvalue weighted by molar-refractivity contribution is -0.116. The van der Waals surface area contributed by atoms with E-state index < -0.39 is 0 Å². The summed E-state index contributed by atoms with van der Waals surface area (Å²) in [5.41, 5.74) is 3.90. The van der Waals surface area contributed by atoms with Crippen molar-refractivity contribution < 1.29 is 9.59 Å². The predicted octanol–water partition coefficient (Wildman–Crippen LogP) is 4.34. The van der Waals surface area contributed by atoms with Crippen LogP contribution in [0.25, 0.3) is 0 Å². The normalized spacial score (nSPS) is 14.5. The van der Waals surface area contributed by atoms with Gasteiger partial charge in [0.25, 0.3) is 5.91 Å². The van der Waals surface area contributed by atoms with Crippen molar-refractivity contribution in [1.29, 1.82) is 0 Å². The van der Waals surface area contributed by atoms with Crippen LogP contribution in [0.3, 0.4) is 0 Å². The van der Waals surface area contributed by atoms with Crippen molar-refractivity contribution in [3.05, 3.63) is 65.2 Å². The zero-order valence-corrected chi connectivity index (χ0v) is 18.3. The summed E-state index contributed by atoms with van der Waals surface area (Å²) in [6.07, 6.45) is 2.81. The summed E-state index contributed by atoms with van der Waals surface area (Å²) < 4.78 is 0. The molecule has 2 aromatic carbocycles. The SMILES string of the molecule is CC(C)(C)c1ccc(C(=O)NCCC(=O)Nc2ccc(CN3CCCC3)cc2)cc1. The highest BCUT2D eigenvalue weighted by atomic mass is 16.2. The number of carbonyl (C=O) groups is 2. The number of nitrogens with zero attached hydrogens (tertiary/aromatic N) is 1. The average molecular weight is 408 g/mol. The van der Waals surface area contributed by atoms with Crippen LogP contribution in [0.2, 0.25) is 0 Å². The molecule has 160 valence electrons. The monoisotopic (exact) mass is 407 g/mol. The van der Waals surface area contributed by atoms with Crippen molar-refractivity contribution in [2.45, 2.75) is 52.0 Å². The molecule has 3 rings (SSSR count). The minimum atomic E-state index is -0.158. The van der Waals surface area contributed by atoms with E-state index in [0.717, 1.165) is 12.2 Å². The summed E-state index contributed by atoms with van der Waals surface area (Å²) in [5, 5.41) is 5.71. The maximum absolute atomic E-state index is 12.3. The van der Waals surface area contributed by atoms with Gasteiger partial charge in [-0.1, -0.05) is 45.0 Å². The first kappa shape index (κ1) is 22.0. The zero-order valence-electron chi connectivity index (χ0n) is 18.3. The average Bonchev–Trinajstić information content (AvgIpc) is 3.22. The quantitative estimate of drug-likeness (QED) is 0.718. The first-order valence-corrected chi connectivity index (χ1v) is 10.8. The summed E-state index contributed by atoms with van der Waals surface area (Å²) in [7, 11) is 0. The van der Waals surface area contributed by atoms with Gasteiger partial charge in [-0.25, -0.2) is 0 Å². The van der Waals surface area contributed by atoms with Gasteiger partial charge in [0, 0.05) is 30.8 Å². The Hall–Kier alpha value is -2.66. The molecule has 2 amide bonds. The molecule has 1 heterocycles. The third-order valence-corrected chi connectivity index (χ3v) is 5.49. The Bertz CT molecular complexity index is 845. The standard InChI is InChI=1S/C25H33N3O2/c1-25(2,3)21-10-8-20(9-11-21)24(30)26-15-14-23(29)27-22-12-6-19(7-13-22)18-28-16-4-5-17-28/h6-13H,4-5,14-18H2,1-3H3,(H,26,30)(H,27,29). The number of carbonyl (C=O) groups excluding carboxylic acids is 2. The van der Waals surface area contributed by atoms with Gasteiger partial charge in [-0.3, -0.25) is 14.5 Å². The molecule has 5 nitrogen and oxygen atoms in total. The Morgan fingerprint density at radius 3 is 2.17 bits per heavy atom. The van der Waals surface area contributed by atoms with Crippen molar-refractivity contribution in [3.63, 3.8) is 0 Å². The summed E-state index contributed by atoms with van der Waals surface area (Å²) in [5.74, 6) is -0.264. The number of hydrogen-bond donors (Lipinski definition) is 2. The predicted molar refractivity (Wildman–Crippen MR) is 122 cm³/mol. The second-order valence-corrected chi connectivity index (χ2v) is 9.06. The first-order valence-electron chi connectivity index (χ1n) is 10.8. The first-order chi connectivity index (χ1) is 14.3. The molecule has 30 heavy (non-hydrogen) atoms. The molecule has 0 spiro atoms. The third kappa shape index (κ3) is 6.42. The highest BCUT2D eigenvalue weighted by Crippen LogP contribution is 2.22. The van der Waals surface area contributed by atoms with Gasteiger partial charge >= 0.3 is 0 Å². The fourth-order valence-electron chi connectivity index (χ4n) is 3.63. The van der Waals surface area contributed by atoms with E-state index in [2.05, 4.69) is 48.4 Å². The second kappa shape index (κ2) is 9.90. The topological polar surface area (TPSA) is 61.4 Å². The molecular weight excluding hydrogens is 374 g/mol. The molecule has 1 aliphatic rings.